The summed E-state index contributed by atoms with van der Waals surface area (Å²) in [7, 11) is 0. The van der Waals surface area contributed by atoms with Crippen LogP contribution in [0.1, 0.15) is 0 Å². The molecule has 0 aliphatic carbocycles. The van der Waals surface area contributed by atoms with E-state index >= 15 is 0 Å². The van der Waals surface area contributed by atoms with Gasteiger partial charge in [-0.15, -0.1) is 0 Å². The van der Waals surface area contributed by atoms with Crippen molar-refractivity contribution in [1.82, 2.24) is 19.1 Å². The normalized spacial score (nSPS) is 11.8. The lowest BCUT2D eigenvalue weighted by atomic mass is 9.99. The van der Waals surface area contributed by atoms with Gasteiger partial charge in [0.15, 0.2) is 0 Å². The molecule has 11 aromatic rings. The van der Waals surface area contributed by atoms with Gasteiger partial charge < -0.3 is 4.57 Å². The lowest BCUT2D eigenvalue weighted by molar-refractivity contribution is 1.01. The van der Waals surface area contributed by atoms with Gasteiger partial charge in [0.05, 0.1) is 33.3 Å². The number of fused-ring (bicyclic) bond motifs is 8. The van der Waals surface area contributed by atoms with E-state index in [4.69, 9.17) is 9.97 Å². The smallest absolute Gasteiger partial charge is 0.235 e. The average Bonchev–Trinajstić information content (AvgIpc) is 3.73. The third-order valence-corrected chi connectivity index (χ3v) is 10.5. The topological polar surface area (TPSA) is 35.6 Å². The third-order valence-electron chi connectivity index (χ3n) is 10.5. The number of aromatic nitrogens is 4. The molecule has 4 nitrogen and oxygen atoms in total. The highest BCUT2D eigenvalue weighted by molar-refractivity contribution is 6.13. The van der Waals surface area contributed by atoms with E-state index in [0.717, 1.165) is 38.9 Å². The van der Waals surface area contributed by atoms with Gasteiger partial charge in [-0.25, -0.2) is 9.97 Å². The van der Waals surface area contributed by atoms with E-state index in [9.17, 15) is 0 Å². The molecular weight excluding hydrogens is 633 g/mol. The lowest BCUT2D eigenvalue weighted by Crippen LogP contribution is -2.03. The highest BCUT2D eigenvalue weighted by Gasteiger charge is 2.19. The Balaban J connectivity index is 1.12. The van der Waals surface area contributed by atoms with Crippen molar-refractivity contribution in [3.05, 3.63) is 182 Å². The summed E-state index contributed by atoms with van der Waals surface area (Å²) >= 11 is 0. The molecule has 3 heterocycles. The Morgan fingerprint density at radius 1 is 0.346 bits per heavy atom. The fraction of sp³-hybridized carbons (Fsp3) is 0. The first-order valence-corrected chi connectivity index (χ1v) is 17.7. The summed E-state index contributed by atoms with van der Waals surface area (Å²) in [6.45, 7) is 0. The average molecular weight is 663 g/mol. The second kappa shape index (κ2) is 11.2. The second-order valence-corrected chi connectivity index (χ2v) is 13.4. The largest absolute Gasteiger partial charge is 0.309 e. The van der Waals surface area contributed by atoms with Crippen molar-refractivity contribution < 1.29 is 0 Å². The van der Waals surface area contributed by atoms with Crippen LogP contribution in [0.15, 0.2) is 182 Å². The van der Waals surface area contributed by atoms with E-state index < -0.39 is 0 Å². The molecule has 0 aliphatic heterocycles. The maximum Gasteiger partial charge on any atom is 0.235 e. The van der Waals surface area contributed by atoms with E-state index in [1.54, 1.807) is 0 Å². The van der Waals surface area contributed by atoms with Crippen LogP contribution < -0.4 is 0 Å². The van der Waals surface area contributed by atoms with E-state index in [1.165, 1.54) is 54.5 Å². The minimum atomic E-state index is 0.663. The van der Waals surface area contributed by atoms with Gasteiger partial charge >= 0.3 is 0 Å². The lowest BCUT2D eigenvalue weighted by Gasteiger charge is -2.13. The van der Waals surface area contributed by atoms with Crippen molar-refractivity contribution in [3.63, 3.8) is 0 Å². The van der Waals surface area contributed by atoms with Gasteiger partial charge in [0, 0.05) is 38.2 Å². The first-order valence-electron chi connectivity index (χ1n) is 17.7. The number of hydrogen-bond donors (Lipinski definition) is 0. The van der Waals surface area contributed by atoms with Crippen LogP contribution in [-0.2, 0) is 0 Å². The second-order valence-electron chi connectivity index (χ2n) is 13.4. The predicted octanol–water partition coefficient (Wildman–Crippen LogP) is 12.3. The molecule has 0 aliphatic rings. The zero-order valence-corrected chi connectivity index (χ0v) is 28.1. The Kier molecular flexibility index (Phi) is 6.22. The fourth-order valence-corrected chi connectivity index (χ4v) is 8.18. The number of benzene rings is 8. The van der Waals surface area contributed by atoms with Gasteiger partial charge in [-0.2, -0.15) is 0 Å². The third kappa shape index (κ3) is 4.28. The summed E-state index contributed by atoms with van der Waals surface area (Å²) in [5, 5.41) is 8.23. The minimum absolute atomic E-state index is 0.663. The monoisotopic (exact) mass is 662 g/mol. The summed E-state index contributed by atoms with van der Waals surface area (Å²) in [4.78, 5) is 10.6. The van der Waals surface area contributed by atoms with E-state index in [1.807, 2.05) is 0 Å². The Hall–Kier alpha value is -7.04. The maximum atomic E-state index is 5.38. The zero-order valence-electron chi connectivity index (χ0n) is 28.1. The Labute approximate surface area is 299 Å². The molecule has 0 unspecified atom stereocenters. The van der Waals surface area contributed by atoms with Crippen LogP contribution in [0.2, 0.25) is 0 Å². The molecule has 8 aromatic carbocycles. The SMILES string of the molecule is c1ccc(-n2c3ccccc3c3cc(-c4ccc5c(c4)c4ccccc4n5-c4nc(-c5cccc6ccccc56)c5ccccc5n4)ccc32)cc1. The van der Waals surface area contributed by atoms with Crippen LogP contribution in [-0.4, -0.2) is 19.1 Å². The summed E-state index contributed by atoms with van der Waals surface area (Å²) < 4.78 is 4.59. The molecule has 0 atom stereocenters. The molecule has 242 valence electrons. The van der Waals surface area contributed by atoms with E-state index in [0.29, 0.717) is 5.95 Å². The molecule has 0 radical (unpaired) electrons. The minimum Gasteiger partial charge on any atom is -0.309 e. The molecule has 4 heteroatoms. The Morgan fingerprint density at radius 3 is 1.62 bits per heavy atom. The van der Waals surface area contributed by atoms with Crippen molar-refractivity contribution >= 4 is 65.3 Å². The standard InChI is InChI=1S/C48H30N4/c1-2-15-34(16-3-1)51-43-23-10-7-18-36(43)40-29-32(25-27-45(40)51)33-26-28-46-41(30-33)37-19-8-11-24-44(37)52(46)48-49-42-22-9-6-20-39(42)47(50-48)38-21-12-14-31-13-4-5-17-35(31)38/h1-30H. The van der Waals surface area contributed by atoms with Crippen LogP contribution in [0.25, 0.3) is 99.3 Å². The van der Waals surface area contributed by atoms with Gasteiger partial charge in [-0.05, 0) is 76.5 Å². The molecule has 3 aromatic heterocycles. The van der Waals surface area contributed by atoms with Gasteiger partial charge in [-0.3, -0.25) is 4.57 Å². The number of rotatable bonds is 4. The van der Waals surface area contributed by atoms with Gasteiger partial charge in [0.2, 0.25) is 5.95 Å². The Bertz CT molecular complexity index is 3180. The summed E-state index contributed by atoms with van der Waals surface area (Å²) in [6, 6.07) is 64.9. The maximum absolute atomic E-state index is 5.38. The molecule has 11 rings (SSSR count). The number of hydrogen-bond acceptors (Lipinski definition) is 2. The highest BCUT2D eigenvalue weighted by atomic mass is 15.2. The van der Waals surface area contributed by atoms with Crippen LogP contribution in [0.5, 0.6) is 0 Å². The number of nitrogens with zero attached hydrogens (tertiary/aromatic N) is 4. The van der Waals surface area contributed by atoms with Gasteiger partial charge in [0.1, 0.15) is 0 Å². The van der Waals surface area contributed by atoms with E-state index in [2.05, 4.69) is 191 Å². The fourth-order valence-electron chi connectivity index (χ4n) is 8.18. The summed E-state index contributed by atoms with van der Waals surface area (Å²) in [6.07, 6.45) is 0. The predicted molar refractivity (Wildman–Crippen MR) is 217 cm³/mol. The molecule has 0 bridgehead atoms. The van der Waals surface area contributed by atoms with Crippen LogP contribution in [0.4, 0.5) is 0 Å². The molecule has 0 saturated heterocycles. The van der Waals surface area contributed by atoms with Crippen LogP contribution in [0.3, 0.4) is 0 Å². The molecule has 0 saturated carbocycles. The van der Waals surface area contributed by atoms with Crippen molar-refractivity contribution in [1.29, 1.82) is 0 Å². The summed E-state index contributed by atoms with van der Waals surface area (Å²) in [5.74, 6) is 0.663. The van der Waals surface area contributed by atoms with E-state index in [-0.39, 0.29) is 0 Å². The van der Waals surface area contributed by atoms with Crippen LogP contribution >= 0.6 is 0 Å². The van der Waals surface area contributed by atoms with Crippen LogP contribution in [0, 0.1) is 0 Å². The molecule has 0 fully saturated rings. The van der Waals surface area contributed by atoms with Gasteiger partial charge in [0.25, 0.3) is 0 Å². The van der Waals surface area contributed by atoms with Crippen molar-refractivity contribution in [2.75, 3.05) is 0 Å². The van der Waals surface area contributed by atoms with Gasteiger partial charge in [-0.1, -0.05) is 127 Å². The zero-order chi connectivity index (χ0) is 34.2. The van der Waals surface area contributed by atoms with Crippen molar-refractivity contribution in [2.24, 2.45) is 0 Å². The Morgan fingerprint density at radius 2 is 0.885 bits per heavy atom. The first-order chi connectivity index (χ1) is 25.8. The highest BCUT2D eigenvalue weighted by Crippen LogP contribution is 2.39. The number of para-hydroxylation sites is 4. The molecule has 0 N–H and O–H groups in total. The summed E-state index contributed by atoms with van der Waals surface area (Å²) in [5.41, 5.74) is 11.0. The molecule has 52 heavy (non-hydrogen) atoms. The quantitative estimate of drug-likeness (QED) is 0.188. The first kappa shape index (κ1) is 28.8. The van der Waals surface area contributed by atoms with Crippen molar-refractivity contribution in [3.8, 4) is 34.0 Å². The molecular formula is C48H30N4. The molecule has 0 amide bonds. The molecule has 0 spiro atoms. The van der Waals surface area contributed by atoms with Crippen molar-refractivity contribution in [2.45, 2.75) is 0 Å².